The second-order valence-corrected chi connectivity index (χ2v) is 6.88. The van der Waals surface area contributed by atoms with Gasteiger partial charge >= 0.3 is 6.03 Å². The fourth-order valence-corrected chi connectivity index (χ4v) is 3.63. The van der Waals surface area contributed by atoms with E-state index >= 15 is 0 Å². The van der Waals surface area contributed by atoms with Gasteiger partial charge in [0.25, 0.3) is 0 Å². The average Bonchev–Trinajstić information content (AvgIpc) is 2.55. The van der Waals surface area contributed by atoms with Gasteiger partial charge in [0.15, 0.2) is 0 Å². The van der Waals surface area contributed by atoms with Crippen LogP contribution in [-0.2, 0) is 0 Å². The molecule has 0 atom stereocenters. The molecule has 0 aromatic heterocycles. The van der Waals surface area contributed by atoms with Crippen LogP contribution < -0.4 is 5.32 Å². The van der Waals surface area contributed by atoms with Crippen LogP contribution in [0.2, 0.25) is 0 Å². The molecule has 0 aliphatic carbocycles. The lowest BCUT2D eigenvalue weighted by molar-refractivity contribution is 0.0155. The van der Waals surface area contributed by atoms with Crippen LogP contribution in [0.5, 0.6) is 0 Å². The summed E-state index contributed by atoms with van der Waals surface area (Å²) in [5.74, 6) is 0. The van der Waals surface area contributed by atoms with Gasteiger partial charge in [-0.05, 0) is 58.9 Å². The summed E-state index contributed by atoms with van der Waals surface area (Å²) in [7, 11) is 3.90. The zero-order valence-corrected chi connectivity index (χ0v) is 14.2. The van der Waals surface area contributed by atoms with Crippen molar-refractivity contribution < 1.29 is 9.90 Å². The highest BCUT2D eigenvalue weighted by atomic mass is 16.3. The Bertz CT molecular complexity index is 350. The van der Waals surface area contributed by atoms with E-state index in [1.165, 1.54) is 19.3 Å². The highest BCUT2D eigenvalue weighted by Gasteiger charge is 2.39. The Morgan fingerprint density at radius 2 is 1.82 bits per heavy atom. The molecule has 2 heterocycles. The van der Waals surface area contributed by atoms with Crippen LogP contribution in [-0.4, -0.2) is 91.3 Å². The van der Waals surface area contributed by atoms with Crippen LogP contribution in [0.3, 0.4) is 0 Å². The summed E-state index contributed by atoms with van der Waals surface area (Å²) in [6, 6.07) is -0.0793. The van der Waals surface area contributed by atoms with E-state index in [0.717, 1.165) is 45.6 Å². The summed E-state index contributed by atoms with van der Waals surface area (Å²) in [5.41, 5.74) is 0.114. The Hall–Kier alpha value is -0.850. The number of hydrogen-bond donors (Lipinski definition) is 2. The van der Waals surface area contributed by atoms with Crippen LogP contribution in [0.4, 0.5) is 4.79 Å². The second-order valence-electron chi connectivity index (χ2n) is 6.88. The lowest BCUT2D eigenvalue weighted by Crippen LogP contribution is -2.62. The van der Waals surface area contributed by atoms with Crippen molar-refractivity contribution in [2.24, 2.45) is 0 Å². The van der Waals surface area contributed by atoms with E-state index in [1.807, 2.05) is 0 Å². The molecule has 6 heteroatoms. The Balaban J connectivity index is 1.97. The van der Waals surface area contributed by atoms with Crippen molar-refractivity contribution in [2.75, 3.05) is 60.0 Å². The maximum atomic E-state index is 12.1. The number of urea groups is 1. The highest BCUT2D eigenvalue weighted by molar-refractivity contribution is 5.73. The van der Waals surface area contributed by atoms with Gasteiger partial charge in [0.05, 0.1) is 6.61 Å². The standard InChI is InChI=1S/C16H32N4O2/c1-18-10-6-16(7-11-18,20-8-4-3-5-9-20)14-17-15(22)19(2)12-13-21/h21H,3-14H2,1-2H3,(H,17,22). The number of hydrogen-bond acceptors (Lipinski definition) is 4. The van der Waals surface area contributed by atoms with Crippen LogP contribution in [0.1, 0.15) is 32.1 Å². The molecular weight excluding hydrogens is 280 g/mol. The van der Waals surface area contributed by atoms with Crippen molar-refractivity contribution >= 4 is 6.03 Å². The van der Waals surface area contributed by atoms with Gasteiger partial charge in [0.2, 0.25) is 0 Å². The van der Waals surface area contributed by atoms with Gasteiger partial charge in [-0.15, -0.1) is 0 Å². The molecule has 0 bridgehead atoms. The van der Waals surface area contributed by atoms with Crippen molar-refractivity contribution in [3.05, 3.63) is 0 Å². The summed E-state index contributed by atoms with van der Waals surface area (Å²) in [4.78, 5) is 18.7. The second kappa shape index (κ2) is 8.13. The molecular formula is C16H32N4O2. The minimum atomic E-state index is -0.0793. The monoisotopic (exact) mass is 312 g/mol. The number of amides is 2. The molecule has 0 radical (unpaired) electrons. The fourth-order valence-electron chi connectivity index (χ4n) is 3.63. The van der Waals surface area contributed by atoms with E-state index in [4.69, 9.17) is 5.11 Å². The van der Waals surface area contributed by atoms with E-state index in [0.29, 0.717) is 6.54 Å². The Kier molecular flexibility index (Phi) is 6.47. The van der Waals surface area contributed by atoms with Gasteiger partial charge < -0.3 is 20.2 Å². The molecule has 2 amide bonds. The number of nitrogens with one attached hydrogen (secondary N) is 1. The first-order chi connectivity index (χ1) is 10.6. The number of carbonyl (C=O) groups excluding carboxylic acids is 1. The number of rotatable bonds is 5. The fraction of sp³-hybridized carbons (Fsp3) is 0.938. The first kappa shape index (κ1) is 17.5. The molecule has 6 nitrogen and oxygen atoms in total. The van der Waals surface area contributed by atoms with Crippen molar-refractivity contribution in [3.63, 3.8) is 0 Å². The molecule has 22 heavy (non-hydrogen) atoms. The highest BCUT2D eigenvalue weighted by Crippen LogP contribution is 2.30. The Morgan fingerprint density at radius 3 is 2.41 bits per heavy atom. The van der Waals surface area contributed by atoms with Crippen LogP contribution >= 0.6 is 0 Å². The number of nitrogens with zero attached hydrogens (tertiary/aromatic N) is 3. The van der Waals surface area contributed by atoms with Crippen molar-refractivity contribution in [1.29, 1.82) is 0 Å². The molecule has 2 aliphatic rings. The quantitative estimate of drug-likeness (QED) is 0.779. The number of carbonyl (C=O) groups is 1. The number of aliphatic hydroxyl groups excluding tert-OH is 1. The summed E-state index contributed by atoms with van der Waals surface area (Å²) in [6.07, 6.45) is 6.12. The van der Waals surface area contributed by atoms with Gasteiger partial charge in [-0.25, -0.2) is 4.79 Å². The van der Waals surface area contributed by atoms with E-state index in [9.17, 15) is 4.79 Å². The first-order valence-corrected chi connectivity index (χ1v) is 8.61. The molecule has 128 valence electrons. The summed E-state index contributed by atoms with van der Waals surface area (Å²) < 4.78 is 0. The molecule has 2 fully saturated rings. The summed E-state index contributed by atoms with van der Waals surface area (Å²) in [5, 5.41) is 12.1. The van der Waals surface area contributed by atoms with Gasteiger partial charge in [-0.2, -0.15) is 0 Å². The Morgan fingerprint density at radius 1 is 1.18 bits per heavy atom. The SMILES string of the molecule is CN1CCC(CNC(=O)N(C)CCO)(N2CCCCC2)CC1. The van der Waals surface area contributed by atoms with E-state index < -0.39 is 0 Å². The number of likely N-dealkylation sites (N-methyl/N-ethyl adjacent to an activating group) is 1. The lowest BCUT2D eigenvalue weighted by Gasteiger charge is -2.50. The third kappa shape index (κ3) is 4.33. The number of piperidine rings is 2. The van der Waals surface area contributed by atoms with Gasteiger partial charge in [-0.1, -0.05) is 6.42 Å². The molecule has 2 rings (SSSR count). The maximum absolute atomic E-state index is 12.1. The largest absolute Gasteiger partial charge is 0.395 e. The van der Waals surface area contributed by atoms with Crippen LogP contribution in [0.15, 0.2) is 0 Å². The minimum Gasteiger partial charge on any atom is -0.395 e. The third-order valence-electron chi connectivity index (χ3n) is 5.30. The van der Waals surface area contributed by atoms with Crippen LogP contribution in [0, 0.1) is 0 Å². The van der Waals surface area contributed by atoms with E-state index in [1.54, 1.807) is 11.9 Å². The maximum Gasteiger partial charge on any atom is 0.317 e. The van der Waals surface area contributed by atoms with E-state index in [2.05, 4.69) is 22.2 Å². The van der Waals surface area contributed by atoms with Gasteiger partial charge in [0.1, 0.15) is 0 Å². The zero-order chi connectivity index (χ0) is 16.0. The zero-order valence-electron chi connectivity index (χ0n) is 14.2. The first-order valence-electron chi connectivity index (χ1n) is 8.61. The molecule has 0 aromatic rings. The smallest absolute Gasteiger partial charge is 0.317 e. The average molecular weight is 312 g/mol. The minimum absolute atomic E-state index is 0.00594. The van der Waals surface area contributed by atoms with Gasteiger partial charge in [-0.3, -0.25) is 4.90 Å². The molecule has 0 saturated carbocycles. The van der Waals surface area contributed by atoms with Gasteiger partial charge in [0, 0.05) is 25.7 Å². The lowest BCUT2D eigenvalue weighted by atomic mass is 9.84. The van der Waals surface area contributed by atoms with Crippen molar-refractivity contribution in [3.8, 4) is 0 Å². The normalized spacial score (nSPS) is 23.2. The summed E-state index contributed by atoms with van der Waals surface area (Å²) in [6.45, 7) is 5.61. The molecule has 2 saturated heterocycles. The predicted molar refractivity (Wildman–Crippen MR) is 88.0 cm³/mol. The number of aliphatic hydroxyl groups is 1. The van der Waals surface area contributed by atoms with Crippen molar-refractivity contribution in [1.82, 2.24) is 20.0 Å². The van der Waals surface area contributed by atoms with Crippen molar-refractivity contribution in [2.45, 2.75) is 37.6 Å². The molecule has 0 aromatic carbocycles. The Labute approximate surface area is 134 Å². The predicted octanol–water partition coefficient (Wildman–Crippen LogP) is 0.570. The van der Waals surface area contributed by atoms with Crippen LogP contribution in [0.25, 0.3) is 0 Å². The molecule has 0 spiro atoms. The topological polar surface area (TPSA) is 59.1 Å². The molecule has 2 N–H and O–H groups in total. The summed E-state index contributed by atoms with van der Waals surface area (Å²) >= 11 is 0. The van der Waals surface area contributed by atoms with E-state index in [-0.39, 0.29) is 18.2 Å². The molecule has 0 unspecified atom stereocenters. The number of likely N-dealkylation sites (tertiary alicyclic amines) is 2. The molecule has 2 aliphatic heterocycles. The third-order valence-corrected chi connectivity index (χ3v) is 5.30.